The lowest BCUT2D eigenvalue weighted by molar-refractivity contribution is -0.134. The van der Waals surface area contributed by atoms with Gasteiger partial charge < -0.3 is 43.5 Å². The molecule has 2 aromatic rings. The van der Waals surface area contributed by atoms with Crippen molar-refractivity contribution in [3.8, 4) is 24.2 Å². The number of fused-ring (bicyclic) bond motifs is 2. The number of nitrogens with one attached hydrogen (secondary N) is 1. The van der Waals surface area contributed by atoms with Gasteiger partial charge in [-0.1, -0.05) is 48.1 Å². The molecule has 12 heteroatoms. The van der Waals surface area contributed by atoms with Gasteiger partial charge in [-0.25, -0.2) is 4.79 Å². The average Bonchev–Trinajstić information content (AvgIpc) is 3.09. The Balaban J connectivity index is 1.42. The van der Waals surface area contributed by atoms with Gasteiger partial charge in [-0.05, 0) is 44.5 Å². The maximum Gasteiger partial charge on any atom is 0.407 e. The molecule has 0 fully saturated rings. The zero-order valence-electron chi connectivity index (χ0n) is 30.1. The SMILES string of the molecule is C#CCOCCOCCN(CCOCCOCCOCCNC(=O)OC(C)(C)C)C(=O)CCC(=O)N1Cc2ccccc2C#Cc2ccccc21. The average molecular weight is 706 g/mol. The Hall–Kier alpha value is -4.43. The summed E-state index contributed by atoms with van der Waals surface area (Å²) in [6, 6.07) is 15.3. The molecule has 0 spiro atoms. The van der Waals surface area contributed by atoms with Crippen LogP contribution in [0.3, 0.4) is 0 Å². The second-order valence-electron chi connectivity index (χ2n) is 12.4. The van der Waals surface area contributed by atoms with Crippen LogP contribution in [0.15, 0.2) is 48.5 Å². The van der Waals surface area contributed by atoms with Crippen LogP contribution < -0.4 is 10.2 Å². The summed E-state index contributed by atoms with van der Waals surface area (Å²) < 4.78 is 32.8. The van der Waals surface area contributed by atoms with Gasteiger partial charge in [0.05, 0.1) is 71.7 Å². The highest BCUT2D eigenvalue weighted by Gasteiger charge is 2.23. The summed E-state index contributed by atoms with van der Waals surface area (Å²) in [6.45, 7) is 10.0. The maximum atomic E-state index is 13.7. The molecule has 276 valence electrons. The molecular weight excluding hydrogens is 654 g/mol. The molecule has 1 heterocycles. The lowest BCUT2D eigenvalue weighted by Crippen LogP contribution is -2.38. The number of hydrogen-bond donors (Lipinski definition) is 1. The largest absolute Gasteiger partial charge is 0.444 e. The van der Waals surface area contributed by atoms with Crippen molar-refractivity contribution in [2.75, 3.05) is 90.6 Å². The van der Waals surface area contributed by atoms with E-state index in [1.54, 1.807) is 30.6 Å². The Bertz CT molecular complexity index is 1490. The number of nitrogens with zero attached hydrogens (tertiary/aromatic N) is 2. The van der Waals surface area contributed by atoms with E-state index in [-0.39, 0.29) is 37.9 Å². The summed E-state index contributed by atoms with van der Waals surface area (Å²) in [7, 11) is 0. The van der Waals surface area contributed by atoms with Crippen LogP contribution in [0.4, 0.5) is 10.5 Å². The molecule has 0 atom stereocenters. The van der Waals surface area contributed by atoms with Crippen LogP contribution in [-0.4, -0.2) is 114 Å². The minimum Gasteiger partial charge on any atom is -0.444 e. The number of amides is 3. The maximum absolute atomic E-state index is 13.7. The number of para-hydroxylation sites is 1. The summed E-state index contributed by atoms with van der Waals surface area (Å²) in [6.07, 6.45) is 4.79. The van der Waals surface area contributed by atoms with E-state index >= 15 is 0 Å². The van der Waals surface area contributed by atoms with Crippen LogP contribution in [0.5, 0.6) is 0 Å². The van der Waals surface area contributed by atoms with E-state index in [1.165, 1.54) is 0 Å². The van der Waals surface area contributed by atoms with Gasteiger partial charge in [0, 0.05) is 43.6 Å². The van der Waals surface area contributed by atoms with Crippen molar-refractivity contribution in [3.63, 3.8) is 0 Å². The molecule has 3 amide bonds. The van der Waals surface area contributed by atoms with Gasteiger partial charge in [0.15, 0.2) is 0 Å². The molecule has 2 aromatic carbocycles. The Morgan fingerprint density at radius 3 is 2.02 bits per heavy atom. The molecule has 0 radical (unpaired) electrons. The highest BCUT2D eigenvalue weighted by atomic mass is 16.6. The van der Waals surface area contributed by atoms with Crippen molar-refractivity contribution in [2.45, 2.75) is 45.8 Å². The Labute approximate surface area is 302 Å². The number of hydrogen-bond acceptors (Lipinski definition) is 9. The third-order valence-electron chi connectivity index (χ3n) is 7.31. The van der Waals surface area contributed by atoms with Gasteiger partial charge in [-0.3, -0.25) is 9.59 Å². The minimum absolute atomic E-state index is 0.0342. The topological polar surface area (TPSA) is 125 Å². The predicted molar refractivity (Wildman–Crippen MR) is 193 cm³/mol. The fourth-order valence-corrected chi connectivity index (χ4v) is 4.86. The van der Waals surface area contributed by atoms with E-state index < -0.39 is 11.7 Å². The third kappa shape index (κ3) is 16.4. The van der Waals surface area contributed by atoms with Gasteiger partial charge in [0.1, 0.15) is 12.2 Å². The van der Waals surface area contributed by atoms with Crippen LogP contribution in [0.1, 0.15) is 50.3 Å². The number of benzene rings is 2. The van der Waals surface area contributed by atoms with Gasteiger partial charge in [0.2, 0.25) is 11.8 Å². The van der Waals surface area contributed by atoms with Crippen molar-refractivity contribution in [1.29, 1.82) is 0 Å². The molecule has 12 nitrogen and oxygen atoms in total. The first-order valence-electron chi connectivity index (χ1n) is 17.2. The summed E-state index contributed by atoms with van der Waals surface area (Å²) in [5, 5.41) is 2.63. The van der Waals surface area contributed by atoms with Crippen molar-refractivity contribution in [1.82, 2.24) is 10.2 Å². The number of terminal acetylenes is 1. The van der Waals surface area contributed by atoms with Crippen molar-refractivity contribution < 1.29 is 42.8 Å². The lowest BCUT2D eigenvalue weighted by Gasteiger charge is -2.27. The fraction of sp³-hybridized carbons (Fsp3) is 0.513. The van der Waals surface area contributed by atoms with Gasteiger partial charge >= 0.3 is 6.09 Å². The van der Waals surface area contributed by atoms with Crippen LogP contribution in [-0.2, 0) is 44.6 Å². The lowest BCUT2D eigenvalue weighted by atomic mass is 10.0. The van der Waals surface area contributed by atoms with Gasteiger partial charge in [0.25, 0.3) is 0 Å². The molecule has 0 aliphatic carbocycles. The van der Waals surface area contributed by atoms with E-state index in [1.807, 2.05) is 48.5 Å². The molecule has 3 rings (SSSR count). The molecular formula is C39H51N3O9. The summed E-state index contributed by atoms with van der Waals surface area (Å²) in [5.41, 5.74) is 2.77. The number of rotatable bonds is 22. The van der Waals surface area contributed by atoms with Crippen LogP contribution in [0.2, 0.25) is 0 Å². The summed E-state index contributed by atoms with van der Waals surface area (Å²) in [4.78, 5) is 42.1. The highest BCUT2D eigenvalue weighted by molar-refractivity contribution is 5.97. The van der Waals surface area contributed by atoms with Crippen LogP contribution in [0.25, 0.3) is 0 Å². The zero-order valence-corrected chi connectivity index (χ0v) is 30.1. The zero-order chi connectivity index (χ0) is 36.7. The van der Waals surface area contributed by atoms with E-state index in [4.69, 9.17) is 34.8 Å². The molecule has 1 N–H and O–H groups in total. The van der Waals surface area contributed by atoms with E-state index in [9.17, 15) is 14.4 Å². The molecule has 1 aliphatic rings. The summed E-state index contributed by atoms with van der Waals surface area (Å²) in [5.74, 6) is 8.50. The number of ether oxygens (including phenoxy) is 6. The number of carbonyl (C=O) groups excluding carboxylic acids is 3. The second-order valence-corrected chi connectivity index (χ2v) is 12.4. The molecule has 0 saturated heterocycles. The monoisotopic (exact) mass is 705 g/mol. The molecule has 1 aliphatic heterocycles. The number of carbonyl (C=O) groups is 3. The first-order chi connectivity index (χ1) is 24.7. The van der Waals surface area contributed by atoms with E-state index in [0.29, 0.717) is 79.0 Å². The Morgan fingerprint density at radius 1 is 0.784 bits per heavy atom. The Morgan fingerprint density at radius 2 is 1.35 bits per heavy atom. The highest BCUT2D eigenvalue weighted by Crippen LogP contribution is 2.26. The Kier molecular flexibility index (Phi) is 18.6. The quantitative estimate of drug-likeness (QED) is 0.144. The molecule has 51 heavy (non-hydrogen) atoms. The third-order valence-corrected chi connectivity index (χ3v) is 7.31. The van der Waals surface area contributed by atoms with Crippen molar-refractivity contribution in [2.24, 2.45) is 0 Å². The first-order valence-corrected chi connectivity index (χ1v) is 17.2. The minimum atomic E-state index is -0.549. The molecule has 0 saturated carbocycles. The number of alkyl carbamates (subject to hydrolysis) is 1. The van der Waals surface area contributed by atoms with E-state index in [2.05, 4.69) is 23.1 Å². The fourth-order valence-electron chi connectivity index (χ4n) is 4.86. The van der Waals surface area contributed by atoms with E-state index in [0.717, 1.165) is 22.4 Å². The van der Waals surface area contributed by atoms with Gasteiger partial charge in [-0.15, -0.1) is 6.42 Å². The van der Waals surface area contributed by atoms with Gasteiger partial charge in [-0.2, -0.15) is 0 Å². The first kappa shape index (κ1) is 41.0. The molecule has 0 bridgehead atoms. The normalized spacial score (nSPS) is 11.9. The number of anilines is 1. The summed E-state index contributed by atoms with van der Waals surface area (Å²) >= 11 is 0. The second kappa shape index (κ2) is 23.1. The smallest absolute Gasteiger partial charge is 0.407 e. The molecule has 0 aromatic heterocycles. The van der Waals surface area contributed by atoms with Crippen molar-refractivity contribution >= 4 is 23.6 Å². The standard InChI is InChI=1S/C39H51N3O9/c1-5-21-46-25-27-48-23-19-41(20-24-49-28-30-50-29-26-47-22-18-40-38(45)51-39(2,3)4)36(43)16-17-37(44)42-31-34-12-7-6-10-32(34)14-15-33-11-8-9-13-35(33)42/h1,6-13H,16-31H2,2-4H3,(H,40,45). The van der Waals surface area contributed by atoms with Crippen LogP contribution in [0, 0.1) is 24.2 Å². The predicted octanol–water partition coefficient (Wildman–Crippen LogP) is 3.78. The van der Waals surface area contributed by atoms with Crippen LogP contribution >= 0.6 is 0 Å². The molecule has 0 unspecified atom stereocenters. The van der Waals surface area contributed by atoms with Crippen molar-refractivity contribution in [3.05, 3.63) is 65.2 Å².